The highest BCUT2D eigenvalue weighted by atomic mass is 16.2. The Morgan fingerprint density at radius 3 is 2.67 bits per heavy atom. The van der Waals surface area contributed by atoms with Gasteiger partial charge in [-0.25, -0.2) is 9.97 Å². The lowest BCUT2D eigenvalue weighted by Crippen LogP contribution is -2.32. The molecule has 2 aromatic heterocycles. The van der Waals surface area contributed by atoms with E-state index >= 15 is 0 Å². The number of para-hydroxylation sites is 1. The Morgan fingerprint density at radius 2 is 1.93 bits per heavy atom. The molecule has 1 atom stereocenters. The second kappa shape index (κ2) is 8.28. The van der Waals surface area contributed by atoms with Crippen LogP contribution in [0.4, 0.5) is 0 Å². The van der Waals surface area contributed by atoms with E-state index in [-0.39, 0.29) is 24.4 Å². The van der Waals surface area contributed by atoms with Crippen LogP contribution in [0.15, 0.2) is 59.7 Å². The first kappa shape index (κ1) is 19.5. The van der Waals surface area contributed by atoms with Crippen molar-refractivity contribution in [3.05, 3.63) is 88.0 Å². The number of nitrogens with one attached hydrogen (secondary N) is 2. The van der Waals surface area contributed by atoms with Crippen molar-refractivity contribution in [2.75, 3.05) is 0 Å². The van der Waals surface area contributed by atoms with Crippen LogP contribution in [0.1, 0.15) is 35.2 Å². The number of benzene rings is 2. The van der Waals surface area contributed by atoms with Gasteiger partial charge in [-0.1, -0.05) is 42.5 Å². The first-order valence-corrected chi connectivity index (χ1v) is 9.71. The van der Waals surface area contributed by atoms with E-state index in [0.717, 1.165) is 11.1 Å². The maximum absolute atomic E-state index is 12.7. The average Bonchev–Trinajstić information content (AvgIpc) is 3.18. The minimum Gasteiger partial charge on any atom is -0.342 e. The molecule has 0 aliphatic carbocycles. The summed E-state index contributed by atoms with van der Waals surface area (Å²) in [4.78, 5) is 34.2. The quantitative estimate of drug-likeness (QED) is 0.515. The Kier molecular flexibility index (Phi) is 5.38. The van der Waals surface area contributed by atoms with Crippen LogP contribution in [0.5, 0.6) is 0 Å². The number of carbonyl (C=O) groups excluding carboxylic acids is 1. The van der Waals surface area contributed by atoms with Gasteiger partial charge in [0.15, 0.2) is 5.82 Å². The smallest absolute Gasteiger partial charge is 0.261 e. The van der Waals surface area contributed by atoms with Gasteiger partial charge in [-0.2, -0.15) is 5.10 Å². The molecule has 30 heavy (non-hydrogen) atoms. The van der Waals surface area contributed by atoms with E-state index in [1.807, 2.05) is 49.4 Å². The zero-order chi connectivity index (χ0) is 21.1. The highest BCUT2D eigenvalue weighted by molar-refractivity contribution is 5.80. The summed E-state index contributed by atoms with van der Waals surface area (Å²) in [5.74, 6) is 0.957. The van der Waals surface area contributed by atoms with Gasteiger partial charge in [0.05, 0.1) is 17.2 Å². The molecule has 0 fully saturated rings. The fourth-order valence-corrected chi connectivity index (χ4v) is 3.38. The summed E-state index contributed by atoms with van der Waals surface area (Å²) in [5, 5.41) is 10.5. The summed E-state index contributed by atoms with van der Waals surface area (Å²) in [5.41, 5.74) is 2.36. The number of H-pyrrole nitrogens is 1. The monoisotopic (exact) mass is 402 g/mol. The number of hydrogen-bond donors (Lipinski definition) is 2. The van der Waals surface area contributed by atoms with E-state index in [4.69, 9.17) is 0 Å². The number of aromatic amines is 1. The summed E-state index contributed by atoms with van der Waals surface area (Å²) in [6, 6.07) is 14.6. The second-order valence-corrected chi connectivity index (χ2v) is 7.15. The molecule has 0 aliphatic rings. The molecule has 8 nitrogen and oxygen atoms in total. The molecule has 4 aromatic rings. The molecular formula is C22H22N6O2. The number of nitrogens with zero attached hydrogens (tertiary/aromatic N) is 4. The van der Waals surface area contributed by atoms with Gasteiger partial charge < -0.3 is 5.32 Å². The standard InChI is InChI=1S/C22H22N6O2/c1-14-7-6-10-17-19(14)23-13-28(22(17)30)12-11-18(29)25-20(16-8-4-3-5-9-16)21-24-15(2)26-27-21/h3-10,13,20H,11-12H2,1-2H3,(H,25,29)(H,24,26,27). The third-order valence-corrected chi connectivity index (χ3v) is 4.95. The van der Waals surface area contributed by atoms with E-state index in [0.29, 0.717) is 22.6 Å². The number of amides is 1. The summed E-state index contributed by atoms with van der Waals surface area (Å²) >= 11 is 0. The molecular weight excluding hydrogens is 380 g/mol. The summed E-state index contributed by atoms with van der Waals surface area (Å²) < 4.78 is 1.47. The van der Waals surface area contributed by atoms with Crippen LogP contribution < -0.4 is 10.9 Å². The SMILES string of the molecule is Cc1nc(C(NC(=O)CCn2cnc3c(C)cccc3c2=O)c2ccccc2)n[nH]1. The number of rotatable bonds is 6. The van der Waals surface area contributed by atoms with Crippen molar-refractivity contribution in [2.24, 2.45) is 0 Å². The highest BCUT2D eigenvalue weighted by Gasteiger charge is 2.21. The Balaban J connectivity index is 1.51. The van der Waals surface area contributed by atoms with Gasteiger partial charge in [-0.15, -0.1) is 0 Å². The van der Waals surface area contributed by atoms with Crippen molar-refractivity contribution in [1.82, 2.24) is 30.0 Å². The lowest BCUT2D eigenvalue weighted by molar-refractivity contribution is -0.121. The van der Waals surface area contributed by atoms with Gasteiger partial charge in [0, 0.05) is 13.0 Å². The fourth-order valence-electron chi connectivity index (χ4n) is 3.38. The van der Waals surface area contributed by atoms with Crippen molar-refractivity contribution >= 4 is 16.8 Å². The number of aromatic nitrogens is 5. The molecule has 2 N–H and O–H groups in total. The Labute approximate surface area is 173 Å². The predicted octanol–water partition coefficient (Wildman–Crippen LogP) is 2.43. The van der Waals surface area contributed by atoms with Gasteiger partial charge in [-0.3, -0.25) is 19.3 Å². The Hall–Kier alpha value is -3.81. The van der Waals surface area contributed by atoms with Crippen LogP contribution in [0.25, 0.3) is 10.9 Å². The molecule has 8 heteroatoms. The molecule has 2 heterocycles. The molecule has 0 saturated heterocycles. The van der Waals surface area contributed by atoms with Gasteiger partial charge in [0.2, 0.25) is 5.91 Å². The molecule has 1 unspecified atom stereocenters. The van der Waals surface area contributed by atoms with Gasteiger partial charge in [-0.05, 0) is 31.0 Å². The molecule has 1 amide bonds. The normalized spacial score (nSPS) is 12.1. The van der Waals surface area contributed by atoms with Crippen LogP contribution in [0, 0.1) is 13.8 Å². The van der Waals surface area contributed by atoms with Crippen molar-refractivity contribution < 1.29 is 4.79 Å². The van der Waals surface area contributed by atoms with E-state index in [9.17, 15) is 9.59 Å². The minimum absolute atomic E-state index is 0.131. The number of aryl methyl sites for hydroxylation is 3. The molecule has 0 aliphatic heterocycles. The first-order chi connectivity index (χ1) is 14.5. The lowest BCUT2D eigenvalue weighted by Gasteiger charge is -2.16. The van der Waals surface area contributed by atoms with E-state index in [2.05, 4.69) is 25.5 Å². The molecule has 0 bridgehead atoms. The Bertz CT molecular complexity index is 1250. The lowest BCUT2D eigenvalue weighted by atomic mass is 10.1. The van der Waals surface area contributed by atoms with Crippen molar-refractivity contribution in [3.8, 4) is 0 Å². The molecule has 2 aromatic carbocycles. The first-order valence-electron chi connectivity index (χ1n) is 9.71. The van der Waals surface area contributed by atoms with Crippen LogP contribution in [-0.2, 0) is 11.3 Å². The van der Waals surface area contributed by atoms with E-state index < -0.39 is 6.04 Å². The predicted molar refractivity (Wildman–Crippen MR) is 113 cm³/mol. The zero-order valence-electron chi connectivity index (χ0n) is 16.8. The van der Waals surface area contributed by atoms with Crippen LogP contribution in [-0.4, -0.2) is 30.6 Å². The maximum atomic E-state index is 12.7. The second-order valence-electron chi connectivity index (χ2n) is 7.15. The zero-order valence-corrected chi connectivity index (χ0v) is 16.8. The number of carbonyl (C=O) groups is 1. The average molecular weight is 402 g/mol. The van der Waals surface area contributed by atoms with Gasteiger partial charge >= 0.3 is 0 Å². The number of fused-ring (bicyclic) bond motifs is 1. The molecule has 4 rings (SSSR count). The van der Waals surface area contributed by atoms with E-state index in [1.54, 1.807) is 13.0 Å². The third-order valence-electron chi connectivity index (χ3n) is 4.95. The van der Waals surface area contributed by atoms with Crippen LogP contribution in [0.2, 0.25) is 0 Å². The summed E-state index contributed by atoms with van der Waals surface area (Å²) in [6.45, 7) is 3.96. The maximum Gasteiger partial charge on any atom is 0.261 e. The van der Waals surface area contributed by atoms with Crippen molar-refractivity contribution in [3.63, 3.8) is 0 Å². The Morgan fingerprint density at radius 1 is 1.13 bits per heavy atom. The minimum atomic E-state index is -0.474. The van der Waals surface area contributed by atoms with Crippen LogP contribution >= 0.6 is 0 Å². The highest BCUT2D eigenvalue weighted by Crippen LogP contribution is 2.19. The van der Waals surface area contributed by atoms with Gasteiger partial charge in [0.25, 0.3) is 5.56 Å². The largest absolute Gasteiger partial charge is 0.342 e. The van der Waals surface area contributed by atoms with Crippen LogP contribution in [0.3, 0.4) is 0 Å². The molecule has 0 saturated carbocycles. The summed E-state index contributed by atoms with van der Waals surface area (Å²) in [7, 11) is 0. The van der Waals surface area contributed by atoms with Gasteiger partial charge in [0.1, 0.15) is 11.9 Å². The topological polar surface area (TPSA) is 106 Å². The summed E-state index contributed by atoms with van der Waals surface area (Å²) in [6.07, 6.45) is 1.63. The third kappa shape index (κ3) is 3.98. The van der Waals surface area contributed by atoms with E-state index in [1.165, 1.54) is 10.9 Å². The van der Waals surface area contributed by atoms with Crippen molar-refractivity contribution in [1.29, 1.82) is 0 Å². The fraction of sp³-hybridized carbons (Fsp3) is 0.227. The number of hydrogen-bond acceptors (Lipinski definition) is 5. The molecule has 152 valence electrons. The molecule has 0 radical (unpaired) electrons. The molecule has 0 spiro atoms. The van der Waals surface area contributed by atoms with Crippen molar-refractivity contribution in [2.45, 2.75) is 32.9 Å².